The van der Waals surface area contributed by atoms with Gasteiger partial charge in [0.2, 0.25) is 0 Å². The lowest BCUT2D eigenvalue weighted by Crippen LogP contribution is -2.22. The second-order valence-electron chi connectivity index (χ2n) is 4.44. The van der Waals surface area contributed by atoms with E-state index in [1.807, 2.05) is 0 Å². The van der Waals surface area contributed by atoms with Crippen LogP contribution >= 0.6 is 11.6 Å². The molecule has 3 rings (SSSR count). The van der Waals surface area contributed by atoms with Crippen LogP contribution in [-0.4, -0.2) is 9.55 Å². The molecule has 2 aromatic carbocycles. The van der Waals surface area contributed by atoms with Crippen LogP contribution in [0.1, 0.15) is 5.82 Å². The van der Waals surface area contributed by atoms with Crippen molar-refractivity contribution in [1.82, 2.24) is 9.55 Å². The molecule has 3 aromatic rings. The van der Waals surface area contributed by atoms with Crippen LogP contribution in [0.25, 0.3) is 16.6 Å². The molecule has 0 aliphatic heterocycles. The minimum Gasteiger partial charge on any atom is -0.268 e. The molecule has 20 heavy (non-hydrogen) atoms. The Labute approximate surface area is 119 Å². The Bertz CT molecular complexity index is 873. The summed E-state index contributed by atoms with van der Waals surface area (Å²) in [6.07, 6.45) is 0. The molecule has 0 unspecified atom stereocenters. The second-order valence-corrected chi connectivity index (χ2v) is 4.88. The van der Waals surface area contributed by atoms with Crippen molar-refractivity contribution in [3.63, 3.8) is 0 Å². The van der Waals surface area contributed by atoms with E-state index in [2.05, 4.69) is 4.98 Å². The van der Waals surface area contributed by atoms with Gasteiger partial charge in [-0.2, -0.15) is 0 Å². The van der Waals surface area contributed by atoms with Gasteiger partial charge in [-0.05, 0) is 43.3 Å². The van der Waals surface area contributed by atoms with Crippen LogP contribution in [0, 0.1) is 12.7 Å². The number of nitrogens with zero attached hydrogens (tertiary/aromatic N) is 2. The highest BCUT2D eigenvalue weighted by atomic mass is 35.5. The summed E-state index contributed by atoms with van der Waals surface area (Å²) in [7, 11) is 0. The Hall–Kier alpha value is -2.20. The fraction of sp³-hybridized carbons (Fsp3) is 0.0667. The molecule has 0 amide bonds. The van der Waals surface area contributed by atoms with Crippen molar-refractivity contribution in [2.75, 3.05) is 0 Å². The van der Waals surface area contributed by atoms with Crippen molar-refractivity contribution in [2.45, 2.75) is 6.92 Å². The first-order chi connectivity index (χ1) is 9.56. The monoisotopic (exact) mass is 288 g/mol. The molecule has 1 aromatic heterocycles. The van der Waals surface area contributed by atoms with Crippen LogP contribution in [0.2, 0.25) is 5.02 Å². The Morgan fingerprint density at radius 3 is 2.75 bits per heavy atom. The molecule has 3 nitrogen and oxygen atoms in total. The maximum absolute atomic E-state index is 13.3. The molecule has 0 spiro atoms. The minimum atomic E-state index is -0.403. The van der Waals surface area contributed by atoms with Crippen LogP contribution in [0.5, 0.6) is 0 Å². The summed E-state index contributed by atoms with van der Waals surface area (Å²) in [4.78, 5) is 16.9. The van der Waals surface area contributed by atoms with Gasteiger partial charge in [-0.15, -0.1) is 0 Å². The lowest BCUT2D eigenvalue weighted by molar-refractivity contribution is 0.626. The third-order valence-electron chi connectivity index (χ3n) is 3.06. The Morgan fingerprint density at radius 2 is 2.00 bits per heavy atom. The zero-order chi connectivity index (χ0) is 14.3. The first-order valence-corrected chi connectivity index (χ1v) is 6.39. The van der Waals surface area contributed by atoms with Crippen LogP contribution < -0.4 is 5.56 Å². The van der Waals surface area contributed by atoms with Crippen LogP contribution in [0.3, 0.4) is 0 Å². The highest BCUT2D eigenvalue weighted by Gasteiger charge is 2.10. The predicted molar refractivity (Wildman–Crippen MR) is 77.0 cm³/mol. The highest BCUT2D eigenvalue weighted by Crippen LogP contribution is 2.17. The zero-order valence-electron chi connectivity index (χ0n) is 10.6. The molecule has 0 saturated heterocycles. The van der Waals surface area contributed by atoms with Gasteiger partial charge in [0.15, 0.2) is 0 Å². The number of halogens is 2. The van der Waals surface area contributed by atoms with E-state index < -0.39 is 5.82 Å². The number of fused-ring (bicyclic) bond motifs is 1. The van der Waals surface area contributed by atoms with Crippen LogP contribution in [0.4, 0.5) is 4.39 Å². The Balaban J connectivity index is 2.39. The molecule has 0 aliphatic rings. The minimum absolute atomic E-state index is 0.263. The smallest absolute Gasteiger partial charge is 0.266 e. The Kier molecular flexibility index (Phi) is 3.03. The van der Waals surface area contributed by atoms with Gasteiger partial charge in [0, 0.05) is 5.02 Å². The number of hydrogen-bond acceptors (Lipinski definition) is 2. The molecule has 0 aliphatic carbocycles. The van der Waals surface area contributed by atoms with E-state index in [0.29, 0.717) is 27.4 Å². The van der Waals surface area contributed by atoms with E-state index in [0.717, 1.165) is 0 Å². The summed E-state index contributed by atoms with van der Waals surface area (Å²) >= 11 is 5.92. The SMILES string of the molecule is Cc1nc2ccc(Cl)cc2c(=O)n1-c1cccc(F)c1. The zero-order valence-corrected chi connectivity index (χ0v) is 11.4. The maximum atomic E-state index is 13.3. The van der Waals surface area contributed by atoms with Crippen molar-refractivity contribution in [1.29, 1.82) is 0 Å². The summed E-state index contributed by atoms with van der Waals surface area (Å²) in [5.74, 6) is 0.0930. The third-order valence-corrected chi connectivity index (χ3v) is 3.30. The molecule has 0 radical (unpaired) electrons. The Morgan fingerprint density at radius 1 is 1.20 bits per heavy atom. The first-order valence-electron chi connectivity index (χ1n) is 6.01. The molecule has 0 bridgehead atoms. The molecule has 0 saturated carbocycles. The maximum Gasteiger partial charge on any atom is 0.266 e. The van der Waals surface area contributed by atoms with Gasteiger partial charge in [0.1, 0.15) is 11.6 Å². The van der Waals surface area contributed by atoms with Crippen LogP contribution in [0.15, 0.2) is 47.3 Å². The molecular formula is C15H10ClFN2O. The van der Waals surface area contributed by atoms with E-state index in [1.165, 1.54) is 16.7 Å². The quantitative estimate of drug-likeness (QED) is 0.687. The van der Waals surface area contributed by atoms with Gasteiger partial charge in [0.05, 0.1) is 16.6 Å². The van der Waals surface area contributed by atoms with Crippen molar-refractivity contribution in [3.8, 4) is 5.69 Å². The van der Waals surface area contributed by atoms with Gasteiger partial charge in [0.25, 0.3) is 5.56 Å². The number of aromatic nitrogens is 2. The normalized spacial score (nSPS) is 10.9. The van der Waals surface area contributed by atoms with Gasteiger partial charge < -0.3 is 0 Å². The predicted octanol–water partition coefficient (Wildman–Crippen LogP) is 3.49. The lowest BCUT2D eigenvalue weighted by Gasteiger charge is -2.11. The summed E-state index contributed by atoms with van der Waals surface area (Å²) in [6.45, 7) is 1.71. The average molecular weight is 289 g/mol. The molecule has 5 heteroatoms. The third kappa shape index (κ3) is 2.08. The molecule has 1 heterocycles. The first kappa shape index (κ1) is 12.8. The van der Waals surface area contributed by atoms with E-state index in [1.54, 1.807) is 37.3 Å². The van der Waals surface area contributed by atoms with E-state index in [9.17, 15) is 9.18 Å². The second kappa shape index (κ2) is 4.72. The standard InChI is InChI=1S/C15H10ClFN2O/c1-9-18-14-6-5-10(16)7-13(14)15(20)19(9)12-4-2-3-11(17)8-12/h2-8H,1H3. The van der Waals surface area contributed by atoms with Crippen molar-refractivity contribution in [2.24, 2.45) is 0 Å². The number of aryl methyl sites for hydroxylation is 1. The molecule has 100 valence electrons. The molecular weight excluding hydrogens is 279 g/mol. The molecule has 0 N–H and O–H groups in total. The van der Waals surface area contributed by atoms with Gasteiger partial charge >= 0.3 is 0 Å². The van der Waals surface area contributed by atoms with Gasteiger partial charge in [-0.3, -0.25) is 9.36 Å². The highest BCUT2D eigenvalue weighted by molar-refractivity contribution is 6.31. The summed E-state index contributed by atoms with van der Waals surface area (Å²) in [6, 6.07) is 10.8. The lowest BCUT2D eigenvalue weighted by atomic mass is 10.2. The van der Waals surface area contributed by atoms with Gasteiger partial charge in [-0.25, -0.2) is 9.37 Å². The van der Waals surface area contributed by atoms with E-state index >= 15 is 0 Å². The van der Waals surface area contributed by atoms with Crippen molar-refractivity contribution >= 4 is 22.5 Å². The topological polar surface area (TPSA) is 34.9 Å². The summed E-state index contributed by atoms with van der Waals surface area (Å²) in [5, 5.41) is 0.874. The number of rotatable bonds is 1. The fourth-order valence-electron chi connectivity index (χ4n) is 2.19. The molecule has 0 fully saturated rings. The van der Waals surface area contributed by atoms with Gasteiger partial charge in [-0.1, -0.05) is 17.7 Å². The van der Waals surface area contributed by atoms with E-state index in [4.69, 9.17) is 11.6 Å². The van der Waals surface area contributed by atoms with Crippen molar-refractivity contribution in [3.05, 3.63) is 69.5 Å². The largest absolute Gasteiger partial charge is 0.268 e. The summed E-state index contributed by atoms with van der Waals surface area (Å²) < 4.78 is 14.7. The number of benzene rings is 2. The van der Waals surface area contributed by atoms with Crippen LogP contribution in [-0.2, 0) is 0 Å². The molecule has 0 atom stereocenters. The fourth-order valence-corrected chi connectivity index (χ4v) is 2.36. The average Bonchev–Trinajstić information content (AvgIpc) is 2.40. The van der Waals surface area contributed by atoms with Crippen molar-refractivity contribution < 1.29 is 4.39 Å². The number of hydrogen-bond donors (Lipinski definition) is 0. The van der Waals surface area contributed by atoms with E-state index in [-0.39, 0.29) is 5.56 Å². The summed E-state index contributed by atoms with van der Waals surface area (Å²) in [5.41, 5.74) is 0.757.